The molecule has 0 aliphatic rings. The summed E-state index contributed by atoms with van der Waals surface area (Å²) in [6.07, 6.45) is 1.20. The molecule has 0 atom stereocenters. The molecule has 10 nitrogen and oxygen atoms in total. The van der Waals surface area contributed by atoms with Crippen LogP contribution in [0.25, 0.3) is 0 Å². The molecular weight excluding hydrogens is 322 g/mol. The number of aromatic amines is 1. The first-order valence-electron chi connectivity index (χ1n) is 4.77. The molecular formula is C8H6BrN7O3. The van der Waals surface area contributed by atoms with Crippen LogP contribution in [0.5, 0.6) is 5.75 Å². The number of phenols is 1. The fourth-order valence-corrected chi connectivity index (χ4v) is 1.64. The topological polar surface area (TPSA) is 142 Å². The smallest absolute Gasteiger partial charge is 0.283 e. The largest absolute Gasteiger partial charge is 0.506 e. The first kappa shape index (κ1) is 12.9. The number of nitro groups is 1. The lowest BCUT2D eigenvalue weighted by atomic mass is 10.2. The minimum Gasteiger partial charge on any atom is -0.506 e. The summed E-state index contributed by atoms with van der Waals surface area (Å²) in [4.78, 5) is 10.1. The predicted octanol–water partition coefficient (Wildman–Crippen LogP) is 1.02. The molecule has 0 bridgehead atoms. The number of hydrogen-bond acceptors (Lipinski definition) is 8. The Hall–Kier alpha value is -2.56. The third-order valence-electron chi connectivity index (χ3n) is 2.00. The van der Waals surface area contributed by atoms with E-state index in [2.05, 4.69) is 47.1 Å². The molecule has 11 heteroatoms. The van der Waals surface area contributed by atoms with Crippen LogP contribution in [-0.4, -0.2) is 36.9 Å². The molecule has 0 saturated heterocycles. The van der Waals surface area contributed by atoms with E-state index in [0.717, 1.165) is 0 Å². The molecule has 98 valence electrons. The zero-order chi connectivity index (χ0) is 13.8. The Morgan fingerprint density at radius 2 is 2.37 bits per heavy atom. The lowest BCUT2D eigenvalue weighted by Crippen LogP contribution is -1.95. The lowest BCUT2D eigenvalue weighted by Gasteiger charge is -2.01. The quantitative estimate of drug-likeness (QED) is 0.432. The first-order chi connectivity index (χ1) is 9.08. The molecule has 1 aromatic carbocycles. The fraction of sp³-hybridized carbons (Fsp3) is 0. The number of H-pyrrole nitrogens is 1. The van der Waals surface area contributed by atoms with Crippen molar-refractivity contribution in [3.05, 3.63) is 32.3 Å². The van der Waals surface area contributed by atoms with Gasteiger partial charge in [0.1, 0.15) is 5.75 Å². The predicted molar refractivity (Wildman–Crippen MR) is 67.9 cm³/mol. The van der Waals surface area contributed by atoms with Gasteiger partial charge in [-0.3, -0.25) is 10.1 Å². The SMILES string of the molecule is O=[N+]([O-])c1cc(Br)c(O)c(C=NNc2nn[nH]n2)c1. The first-order valence-corrected chi connectivity index (χ1v) is 5.56. The Labute approximate surface area is 113 Å². The number of benzene rings is 1. The van der Waals surface area contributed by atoms with Crippen LogP contribution < -0.4 is 5.43 Å². The van der Waals surface area contributed by atoms with Gasteiger partial charge in [-0.2, -0.15) is 10.3 Å². The van der Waals surface area contributed by atoms with Crippen molar-refractivity contribution in [1.29, 1.82) is 0 Å². The van der Waals surface area contributed by atoms with E-state index in [9.17, 15) is 15.2 Å². The maximum Gasteiger partial charge on any atom is 0.283 e. The average Bonchev–Trinajstić information content (AvgIpc) is 2.87. The van der Waals surface area contributed by atoms with Crippen LogP contribution in [0.15, 0.2) is 21.7 Å². The number of nitrogens with zero attached hydrogens (tertiary/aromatic N) is 5. The number of nitrogens with one attached hydrogen (secondary N) is 2. The van der Waals surface area contributed by atoms with Gasteiger partial charge in [0.15, 0.2) is 0 Å². The molecule has 1 aromatic heterocycles. The van der Waals surface area contributed by atoms with Crippen molar-refractivity contribution in [2.45, 2.75) is 0 Å². The van der Waals surface area contributed by atoms with Crippen molar-refractivity contribution in [3.63, 3.8) is 0 Å². The third kappa shape index (κ3) is 3.01. The molecule has 3 N–H and O–H groups in total. The molecule has 0 radical (unpaired) electrons. The van der Waals surface area contributed by atoms with E-state index in [1.54, 1.807) is 0 Å². The number of hydrazone groups is 1. The number of rotatable bonds is 4. The summed E-state index contributed by atoms with van der Waals surface area (Å²) in [6, 6.07) is 2.38. The molecule has 0 aliphatic heterocycles. The molecule has 0 fully saturated rings. The van der Waals surface area contributed by atoms with Crippen LogP contribution >= 0.6 is 15.9 Å². The number of aromatic hydroxyl groups is 1. The van der Waals surface area contributed by atoms with Gasteiger partial charge in [-0.05, 0) is 21.1 Å². The second-order valence-electron chi connectivity index (χ2n) is 3.23. The Kier molecular flexibility index (Phi) is 3.66. The second kappa shape index (κ2) is 5.39. The van der Waals surface area contributed by atoms with E-state index in [4.69, 9.17) is 0 Å². The van der Waals surface area contributed by atoms with Crippen molar-refractivity contribution in [3.8, 4) is 5.75 Å². The highest BCUT2D eigenvalue weighted by atomic mass is 79.9. The summed E-state index contributed by atoms with van der Waals surface area (Å²) in [5.74, 6) is -0.0375. The molecule has 0 spiro atoms. The summed E-state index contributed by atoms with van der Waals surface area (Å²) >= 11 is 3.02. The molecule has 1 heterocycles. The van der Waals surface area contributed by atoms with E-state index < -0.39 is 4.92 Å². The summed E-state index contributed by atoms with van der Waals surface area (Å²) in [5, 5.41) is 36.8. The Morgan fingerprint density at radius 1 is 1.58 bits per heavy atom. The maximum atomic E-state index is 10.7. The van der Waals surface area contributed by atoms with Crippen molar-refractivity contribution < 1.29 is 10.0 Å². The highest BCUT2D eigenvalue weighted by molar-refractivity contribution is 9.10. The van der Waals surface area contributed by atoms with E-state index in [1.165, 1.54) is 18.3 Å². The zero-order valence-corrected chi connectivity index (χ0v) is 10.7. The number of nitro benzene ring substituents is 1. The molecule has 0 amide bonds. The monoisotopic (exact) mass is 327 g/mol. The highest BCUT2D eigenvalue weighted by Gasteiger charge is 2.13. The minimum absolute atomic E-state index is 0.125. The molecule has 0 saturated carbocycles. The minimum atomic E-state index is -0.575. The number of halogens is 1. The fourth-order valence-electron chi connectivity index (χ4n) is 1.18. The molecule has 0 unspecified atom stereocenters. The van der Waals surface area contributed by atoms with Gasteiger partial charge < -0.3 is 5.11 Å². The van der Waals surface area contributed by atoms with Gasteiger partial charge >= 0.3 is 0 Å². The number of phenolic OH excluding ortho intramolecular Hbond substituents is 1. The summed E-state index contributed by atoms with van der Waals surface area (Å²) < 4.78 is 0.197. The number of non-ortho nitro benzene ring substituents is 1. The van der Waals surface area contributed by atoms with Gasteiger partial charge in [0.2, 0.25) is 0 Å². The molecule has 2 rings (SSSR count). The number of anilines is 1. The number of aromatic nitrogens is 4. The highest BCUT2D eigenvalue weighted by Crippen LogP contribution is 2.31. The third-order valence-corrected chi connectivity index (χ3v) is 2.61. The standard InChI is InChI=1S/C8H6BrN7O3/c9-6-2-5(16(18)19)1-4(7(6)17)3-10-11-8-12-14-15-13-8/h1-3,17H,(H2,11,12,13,14,15). The second-order valence-corrected chi connectivity index (χ2v) is 4.08. The van der Waals surface area contributed by atoms with E-state index in [0.29, 0.717) is 0 Å². The van der Waals surface area contributed by atoms with Crippen LogP contribution in [0.2, 0.25) is 0 Å². The van der Waals surface area contributed by atoms with Gasteiger partial charge in [0.05, 0.1) is 15.6 Å². The van der Waals surface area contributed by atoms with Crippen LogP contribution in [-0.2, 0) is 0 Å². The molecule has 0 aliphatic carbocycles. The van der Waals surface area contributed by atoms with Crippen molar-refractivity contribution >= 4 is 33.8 Å². The zero-order valence-electron chi connectivity index (χ0n) is 9.11. The van der Waals surface area contributed by atoms with Gasteiger partial charge in [-0.25, -0.2) is 5.43 Å². The van der Waals surface area contributed by atoms with Gasteiger partial charge in [0.25, 0.3) is 11.6 Å². The summed E-state index contributed by atoms with van der Waals surface area (Å²) in [5.41, 5.74) is 2.41. The van der Waals surface area contributed by atoms with E-state index in [-0.39, 0.29) is 27.4 Å². The van der Waals surface area contributed by atoms with E-state index in [1.807, 2.05) is 0 Å². The Balaban J connectivity index is 2.23. The van der Waals surface area contributed by atoms with Gasteiger partial charge in [-0.15, -0.1) is 5.10 Å². The lowest BCUT2D eigenvalue weighted by molar-refractivity contribution is -0.385. The van der Waals surface area contributed by atoms with Crippen molar-refractivity contribution in [2.24, 2.45) is 5.10 Å². The summed E-state index contributed by atoms with van der Waals surface area (Å²) in [6.45, 7) is 0. The number of tetrazole rings is 1. The maximum absolute atomic E-state index is 10.7. The molecule has 19 heavy (non-hydrogen) atoms. The van der Waals surface area contributed by atoms with Crippen molar-refractivity contribution in [2.75, 3.05) is 5.43 Å². The molecule has 2 aromatic rings. The van der Waals surface area contributed by atoms with Crippen LogP contribution in [0, 0.1) is 10.1 Å². The summed E-state index contributed by atoms with van der Waals surface area (Å²) in [7, 11) is 0. The Morgan fingerprint density at radius 3 is 3.00 bits per heavy atom. The van der Waals surface area contributed by atoms with E-state index >= 15 is 0 Å². The van der Waals surface area contributed by atoms with Crippen LogP contribution in [0.3, 0.4) is 0 Å². The Bertz CT molecular complexity index is 628. The average molecular weight is 328 g/mol. The number of hydrogen-bond donors (Lipinski definition) is 3. The normalized spacial score (nSPS) is 10.8. The van der Waals surface area contributed by atoms with Crippen molar-refractivity contribution in [1.82, 2.24) is 20.6 Å². The van der Waals surface area contributed by atoms with Crippen LogP contribution in [0.1, 0.15) is 5.56 Å². The van der Waals surface area contributed by atoms with Crippen LogP contribution in [0.4, 0.5) is 11.6 Å². The van der Waals surface area contributed by atoms with Gasteiger partial charge in [0, 0.05) is 17.7 Å². The van der Waals surface area contributed by atoms with Gasteiger partial charge in [-0.1, -0.05) is 5.10 Å².